The Kier molecular flexibility index (Phi) is 7.41. The number of amides is 1. The lowest BCUT2D eigenvalue weighted by Gasteiger charge is -2.05. The molecule has 8 nitrogen and oxygen atoms in total. The van der Waals surface area contributed by atoms with Gasteiger partial charge in [-0.15, -0.1) is 10.2 Å². The van der Waals surface area contributed by atoms with Crippen LogP contribution >= 0.6 is 34.7 Å². The van der Waals surface area contributed by atoms with Crippen LogP contribution in [-0.2, 0) is 4.79 Å². The van der Waals surface area contributed by atoms with E-state index in [0.717, 1.165) is 19.4 Å². The van der Waals surface area contributed by atoms with Crippen molar-refractivity contribution < 1.29 is 9.72 Å². The van der Waals surface area contributed by atoms with Crippen molar-refractivity contribution in [3.05, 3.63) is 33.3 Å². The molecule has 0 aliphatic carbocycles. The zero-order valence-electron chi connectivity index (χ0n) is 13.3. The number of rotatable bonds is 9. The van der Waals surface area contributed by atoms with E-state index in [-0.39, 0.29) is 28.1 Å². The second-order valence-electron chi connectivity index (χ2n) is 4.91. The summed E-state index contributed by atoms with van der Waals surface area (Å²) < 4.78 is 0.653. The van der Waals surface area contributed by atoms with Crippen LogP contribution in [0.3, 0.4) is 0 Å². The fourth-order valence-corrected chi connectivity index (χ4v) is 3.53. The first-order valence-electron chi connectivity index (χ1n) is 7.43. The van der Waals surface area contributed by atoms with Crippen LogP contribution < -0.4 is 10.6 Å². The molecule has 0 bridgehead atoms. The van der Waals surface area contributed by atoms with Gasteiger partial charge in [0.1, 0.15) is 5.69 Å². The number of halogens is 1. The number of anilines is 2. The van der Waals surface area contributed by atoms with Crippen LogP contribution in [0, 0.1) is 10.1 Å². The Morgan fingerprint density at radius 1 is 1.44 bits per heavy atom. The van der Waals surface area contributed by atoms with Crippen molar-refractivity contribution in [1.82, 2.24) is 10.2 Å². The maximum atomic E-state index is 12.0. The largest absolute Gasteiger partial charge is 0.360 e. The predicted molar refractivity (Wildman–Crippen MR) is 101 cm³/mol. The standard InChI is InChI=1S/C14H16ClN5O3S2/c1-2-3-6-16-13-18-19-14(25-13)24-8-12(21)17-10-5-4-9(15)7-11(10)20(22)23/h4-5,7H,2-3,6,8H2,1H3,(H,16,18)(H,17,21). The van der Waals surface area contributed by atoms with E-state index in [4.69, 9.17) is 11.6 Å². The molecule has 1 heterocycles. The molecule has 2 rings (SSSR count). The van der Waals surface area contributed by atoms with E-state index in [1.54, 1.807) is 0 Å². The van der Waals surface area contributed by atoms with Crippen LogP contribution in [-0.4, -0.2) is 33.3 Å². The summed E-state index contributed by atoms with van der Waals surface area (Å²) in [5.74, 6) is -0.297. The molecule has 0 spiro atoms. The molecule has 0 saturated heterocycles. The second kappa shape index (κ2) is 9.54. The molecule has 1 aromatic heterocycles. The molecule has 0 aliphatic rings. The van der Waals surface area contributed by atoms with Crippen LogP contribution in [0.2, 0.25) is 5.02 Å². The fourth-order valence-electron chi connectivity index (χ4n) is 1.79. The number of unbranched alkanes of at least 4 members (excludes halogenated alkanes) is 1. The number of carbonyl (C=O) groups is 1. The van der Waals surface area contributed by atoms with E-state index in [1.165, 1.54) is 41.3 Å². The predicted octanol–water partition coefficient (Wildman–Crippen LogP) is 4.04. The third-order valence-electron chi connectivity index (χ3n) is 2.97. The van der Waals surface area contributed by atoms with Gasteiger partial charge in [0.15, 0.2) is 4.34 Å². The monoisotopic (exact) mass is 401 g/mol. The smallest absolute Gasteiger partial charge is 0.294 e. The van der Waals surface area contributed by atoms with Gasteiger partial charge in [-0.2, -0.15) is 0 Å². The van der Waals surface area contributed by atoms with E-state index in [0.29, 0.717) is 9.47 Å². The Morgan fingerprint density at radius 3 is 2.96 bits per heavy atom. The Labute approximate surface area is 157 Å². The first-order chi connectivity index (χ1) is 12.0. The first-order valence-corrected chi connectivity index (χ1v) is 9.61. The summed E-state index contributed by atoms with van der Waals surface area (Å²) in [6.07, 6.45) is 2.13. The van der Waals surface area contributed by atoms with Crippen molar-refractivity contribution in [2.45, 2.75) is 24.1 Å². The van der Waals surface area contributed by atoms with Gasteiger partial charge in [0.05, 0.1) is 10.7 Å². The fraction of sp³-hybridized carbons (Fsp3) is 0.357. The summed E-state index contributed by atoms with van der Waals surface area (Å²) in [7, 11) is 0. The summed E-state index contributed by atoms with van der Waals surface area (Å²) in [6, 6.07) is 4.09. The number of aromatic nitrogens is 2. The van der Waals surface area contributed by atoms with E-state index in [9.17, 15) is 14.9 Å². The van der Waals surface area contributed by atoms with Gasteiger partial charge in [-0.05, 0) is 18.6 Å². The molecule has 0 radical (unpaired) electrons. The molecule has 2 aromatic rings. The van der Waals surface area contributed by atoms with E-state index in [2.05, 4.69) is 27.8 Å². The minimum atomic E-state index is -0.590. The highest BCUT2D eigenvalue weighted by Gasteiger charge is 2.17. The Hall–Kier alpha value is -1.91. The number of nitrogens with zero attached hydrogens (tertiary/aromatic N) is 3. The Bertz CT molecular complexity index is 756. The average Bonchev–Trinajstić information content (AvgIpc) is 3.02. The van der Waals surface area contributed by atoms with Crippen molar-refractivity contribution in [3.8, 4) is 0 Å². The van der Waals surface area contributed by atoms with Crippen molar-refractivity contribution in [2.75, 3.05) is 22.9 Å². The summed E-state index contributed by atoms with van der Waals surface area (Å²) in [4.78, 5) is 22.4. The van der Waals surface area contributed by atoms with Crippen LogP contribution in [0.4, 0.5) is 16.5 Å². The number of benzene rings is 1. The van der Waals surface area contributed by atoms with Crippen LogP contribution in [0.1, 0.15) is 19.8 Å². The van der Waals surface area contributed by atoms with E-state index < -0.39 is 4.92 Å². The number of nitrogens with one attached hydrogen (secondary N) is 2. The van der Waals surface area contributed by atoms with Crippen molar-refractivity contribution >= 4 is 57.1 Å². The van der Waals surface area contributed by atoms with Crippen LogP contribution in [0.15, 0.2) is 22.5 Å². The summed E-state index contributed by atoms with van der Waals surface area (Å²) in [6.45, 7) is 2.93. The topological polar surface area (TPSA) is 110 Å². The number of carbonyl (C=O) groups excluding carboxylic acids is 1. The molecule has 0 fully saturated rings. The van der Waals surface area contributed by atoms with Gasteiger partial charge in [-0.25, -0.2) is 0 Å². The van der Waals surface area contributed by atoms with E-state index in [1.807, 2.05) is 0 Å². The SMILES string of the molecule is CCCCNc1nnc(SCC(=O)Nc2ccc(Cl)cc2[N+](=O)[O-])s1. The molecule has 2 N–H and O–H groups in total. The van der Waals surface area contributed by atoms with E-state index >= 15 is 0 Å². The lowest BCUT2D eigenvalue weighted by molar-refractivity contribution is -0.383. The van der Waals surface area contributed by atoms with Gasteiger partial charge >= 0.3 is 0 Å². The molecule has 0 atom stereocenters. The number of hydrogen-bond donors (Lipinski definition) is 2. The highest BCUT2D eigenvalue weighted by molar-refractivity contribution is 8.01. The van der Waals surface area contributed by atoms with Gasteiger partial charge in [0, 0.05) is 17.6 Å². The number of nitro groups is 1. The molecule has 134 valence electrons. The third kappa shape index (κ3) is 6.15. The molecule has 0 saturated carbocycles. The van der Waals surface area contributed by atoms with Gasteiger partial charge < -0.3 is 10.6 Å². The van der Waals surface area contributed by atoms with Gasteiger partial charge in [-0.3, -0.25) is 14.9 Å². The summed E-state index contributed by atoms with van der Waals surface area (Å²) in [5, 5.41) is 25.6. The minimum Gasteiger partial charge on any atom is -0.360 e. The first kappa shape index (κ1) is 19.4. The zero-order valence-corrected chi connectivity index (χ0v) is 15.7. The maximum absolute atomic E-state index is 12.0. The van der Waals surface area contributed by atoms with Crippen LogP contribution in [0.5, 0.6) is 0 Å². The Morgan fingerprint density at radius 2 is 2.24 bits per heavy atom. The Balaban J connectivity index is 1.88. The van der Waals surface area contributed by atoms with Crippen molar-refractivity contribution in [1.29, 1.82) is 0 Å². The van der Waals surface area contributed by atoms with Crippen molar-refractivity contribution in [3.63, 3.8) is 0 Å². The number of hydrogen-bond acceptors (Lipinski definition) is 8. The molecule has 1 aromatic carbocycles. The normalized spacial score (nSPS) is 10.5. The highest BCUT2D eigenvalue weighted by atomic mass is 35.5. The lowest BCUT2D eigenvalue weighted by atomic mass is 10.2. The number of nitro benzene ring substituents is 1. The lowest BCUT2D eigenvalue weighted by Crippen LogP contribution is -2.15. The summed E-state index contributed by atoms with van der Waals surface area (Å²) >= 11 is 8.33. The van der Waals surface area contributed by atoms with Gasteiger partial charge in [0.2, 0.25) is 11.0 Å². The third-order valence-corrected chi connectivity index (χ3v) is 5.22. The molecular formula is C14H16ClN5O3S2. The highest BCUT2D eigenvalue weighted by Crippen LogP contribution is 2.29. The van der Waals surface area contributed by atoms with Gasteiger partial charge in [-0.1, -0.05) is 48.0 Å². The van der Waals surface area contributed by atoms with Gasteiger partial charge in [0.25, 0.3) is 5.69 Å². The summed E-state index contributed by atoms with van der Waals surface area (Å²) in [5.41, 5.74) is -0.136. The van der Waals surface area contributed by atoms with Crippen molar-refractivity contribution in [2.24, 2.45) is 0 Å². The zero-order chi connectivity index (χ0) is 18.2. The number of thioether (sulfide) groups is 1. The molecule has 11 heteroatoms. The quantitative estimate of drug-likeness (QED) is 0.282. The molecule has 25 heavy (non-hydrogen) atoms. The molecule has 0 unspecified atom stereocenters. The average molecular weight is 402 g/mol. The maximum Gasteiger partial charge on any atom is 0.294 e. The minimum absolute atomic E-state index is 0.0728. The molecule has 1 amide bonds. The molecule has 0 aliphatic heterocycles. The van der Waals surface area contributed by atoms with Crippen LogP contribution in [0.25, 0.3) is 0 Å². The second-order valence-corrected chi connectivity index (χ2v) is 7.55. The molecular weight excluding hydrogens is 386 g/mol.